The van der Waals surface area contributed by atoms with Crippen LogP contribution in [0.15, 0.2) is 18.2 Å². The van der Waals surface area contributed by atoms with Crippen molar-refractivity contribution in [2.45, 2.75) is 38.9 Å². The summed E-state index contributed by atoms with van der Waals surface area (Å²) in [4.78, 5) is 21.8. The molecule has 1 saturated heterocycles. The van der Waals surface area contributed by atoms with Crippen LogP contribution in [-0.2, 0) is 9.31 Å². The van der Waals surface area contributed by atoms with Gasteiger partial charge >= 0.3 is 7.12 Å². The highest BCUT2D eigenvalue weighted by atomic mass is 16.7. The van der Waals surface area contributed by atoms with Gasteiger partial charge in [0.05, 0.1) is 11.2 Å². The monoisotopic (exact) mass is 260 g/mol. The largest absolute Gasteiger partial charge is 0.494 e. The van der Waals surface area contributed by atoms with Crippen molar-refractivity contribution in [1.29, 1.82) is 0 Å². The number of rotatable bonds is 3. The lowest BCUT2D eigenvalue weighted by Crippen LogP contribution is -2.41. The van der Waals surface area contributed by atoms with Gasteiger partial charge in [0.2, 0.25) is 0 Å². The Hall–Kier alpha value is -1.46. The van der Waals surface area contributed by atoms with E-state index in [2.05, 4.69) is 0 Å². The zero-order valence-electron chi connectivity index (χ0n) is 11.6. The highest BCUT2D eigenvalue weighted by molar-refractivity contribution is 6.62. The van der Waals surface area contributed by atoms with E-state index in [0.29, 0.717) is 29.2 Å². The lowest BCUT2D eigenvalue weighted by Gasteiger charge is -2.32. The maximum Gasteiger partial charge on any atom is 0.494 e. The Kier molecular flexibility index (Phi) is 3.37. The molecule has 0 bridgehead atoms. The molecule has 0 atom stereocenters. The minimum Gasteiger partial charge on any atom is -0.399 e. The van der Waals surface area contributed by atoms with E-state index in [1.165, 1.54) is 6.07 Å². The van der Waals surface area contributed by atoms with E-state index in [-0.39, 0.29) is 0 Å². The molecule has 0 radical (unpaired) electrons. The second-order valence-corrected chi connectivity index (χ2v) is 5.76. The van der Waals surface area contributed by atoms with Gasteiger partial charge in [-0.05, 0) is 39.2 Å². The molecule has 1 aromatic rings. The molecule has 19 heavy (non-hydrogen) atoms. The lowest BCUT2D eigenvalue weighted by atomic mass is 9.77. The fourth-order valence-electron chi connectivity index (χ4n) is 1.95. The van der Waals surface area contributed by atoms with Crippen LogP contribution in [0.1, 0.15) is 48.4 Å². The number of carbonyl (C=O) groups is 2. The fraction of sp³-hybridized carbons (Fsp3) is 0.429. The van der Waals surface area contributed by atoms with Crippen molar-refractivity contribution in [3.63, 3.8) is 0 Å². The molecule has 0 amide bonds. The zero-order valence-corrected chi connectivity index (χ0v) is 11.6. The van der Waals surface area contributed by atoms with Crippen LogP contribution in [0.3, 0.4) is 0 Å². The first-order valence-corrected chi connectivity index (χ1v) is 6.20. The van der Waals surface area contributed by atoms with Crippen molar-refractivity contribution in [3.05, 3.63) is 29.3 Å². The second-order valence-electron chi connectivity index (χ2n) is 5.76. The maximum atomic E-state index is 10.9. The van der Waals surface area contributed by atoms with Crippen molar-refractivity contribution in [2.75, 3.05) is 0 Å². The Balaban J connectivity index is 2.39. The van der Waals surface area contributed by atoms with Gasteiger partial charge in [0.25, 0.3) is 0 Å². The van der Waals surface area contributed by atoms with Gasteiger partial charge in [0.15, 0.2) is 0 Å². The number of benzene rings is 1. The number of carbonyl (C=O) groups excluding carboxylic acids is 2. The summed E-state index contributed by atoms with van der Waals surface area (Å²) < 4.78 is 11.8. The average molecular weight is 260 g/mol. The zero-order chi connectivity index (χ0) is 14.3. The van der Waals surface area contributed by atoms with Crippen LogP contribution in [0.5, 0.6) is 0 Å². The van der Waals surface area contributed by atoms with Gasteiger partial charge in [-0.2, -0.15) is 0 Å². The molecule has 1 aromatic carbocycles. The van der Waals surface area contributed by atoms with Crippen LogP contribution in [-0.4, -0.2) is 30.9 Å². The smallest absolute Gasteiger partial charge is 0.399 e. The number of aldehydes is 2. The summed E-state index contributed by atoms with van der Waals surface area (Å²) in [7, 11) is -0.566. The number of hydrogen-bond donors (Lipinski definition) is 0. The SMILES string of the molecule is CC1(C)OB(c2cc(C=O)cc(C=O)c2)OC1(C)C. The molecular formula is C14H17BO4. The van der Waals surface area contributed by atoms with Crippen molar-refractivity contribution >= 4 is 25.2 Å². The van der Waals surface area contributed by atoms with Crippen LogP contribution in [0.2, 0.25) is 0 Å². The van der Waals surface area contributed by atoms with Crippen molar-refractivity contribution in [2.24, 2.45) is 0 Å². The van der Waals surface area contributed by atoms with E-state index < -0.39 is 18.3 Å². The molecule has 0 spiro atoms. The lowest BCUT2D eigenvalue weighted by molar-refractivity contribution is 0.00578. The van der Waals surface area contributed by atoms with Crippen LogP contribution in [0.4, 0.5) is 0 Å². The van der Waals surface area contributed by atoms with E-state index in [1.807, 2.05) is 27.7 Å². The molecule has 4 nitrogen and oxygen atoms in total. The van der Waals surface area contributed by atoms with Gasteiger partial charge < -0.3 is 9.31 Å². The topological polar surface area (TPSA) is 52.6 Å². The first-order chi connectivity index (χ1) is 8.79. The molecule has 5 heteroatoms. The van der Waals surface area contributed by atoms with Gasteiger partial charge in [-0.3, -0.25) is 9.59 Å². The Labute approximate surface area is 113 Å². The second kappa shape index (κ2) is 4.58. The summed E-state index contributed by atoms with van der Waals surface area (Å²) in [5.74, 6) is 0. The quantitative estimate of drug-likeness (QED) is 0.612. The van der Waals surface area contributed by atoms with Crippen LogP contribution >= 0.6 is 0 Å². The first kappa shape index (κ1) is 14.0. The maximum absolute atomic E-state index is 10.9. The molecule has 2 rings (SSSR count). The van der Waals surface area contributed by atoms with Gasteiger partial charge in [-0.1, -0.05) is 12.1 Å². The molecule has 0 unspecified atom stereocenters. The summed E-state index contributed by atoms with van der Waals surface area (Å²) in [6.45, 7) is 7.82. The van der Waals surface area contributed by atoms with Crippen LogP contribution < -0.4 is 5.46 Å². The third-order valence-corrected chi connectivity index (χ3v) is 3.80. The molecule has 0 N–H and O–H groups in total. The summed E-state index contributed by atoms with van der Waals surface area (Å²) in [6.07, 6.45) is 1.42. The van der Waals surface area contributed by atoms with Crippen LogP contribution in [0.25, 0.3) is 0 Å². The Bertz CT molecular complexity index is 480. The molecule has 0 saturated carbocycles. The standard InChI is InChI=1S/C14H17BO4/c1-13(2)14(3,4)19-15(18-13)12-6-10(8-16)5-11(7-12)9-17/h5-9H,1-4H3. The third-order valence-electron chi connectivity index (χ3n) is 3.80. The summed E-state index contributed by atoms with van der Waals surface area (Å²) in [6, 6.07) is 4.90. The van der Waals surface area contributed by atoms with E-state index in [0.717, 1.165) is 0 Å². The van der Waals surface area contributed by atoms with Gasteiger partial charge in [-0.25, -0.2) is 0 Å². The molecule has 1 fully saturated rings. The highest BCUT2D eigenvalue weighted by Gasteiger charge is 2.51. The third kappa shape index (κ3) is 2.48. The number of hydrogen-bond acceptors (Lipinski definition) is 4. The van der Waals surface area contributed by atoms with Gasteiger partial charge in [0.1, 0.15) is 12.6 Å². The molecule has 1 aliphatic rings. The fourth-order valence-corrected chi connectivity index (χ4v) is 1.95. The molecule has 0 aromatic heterocycles. The summed E-state index contributed by atoms with van der Waals surface area (Å²) in [5, 5.41) is 0. The Morgan fingerprint density at radius 2 is 1.32 bits per heavy atom. The van der Waals surface area contributed by atoms with E-state index in [4.69, 9.17) is 9.31 Å². The first-order valence-electron chi connectivity index (χ1n) is 6.20. The minimum atomic E-state index is -0.566. The van der Waals surface area contributed by atoms with Crippen LogP contribution in [0, 0.1) is 0 Å². The predicted octanol–water partition coefficient (Wildman–Crippen LogP) is 1.61. The van der Waals surface area contributed by atoms with Gasteiger partial charge in [0, 0.05) is 11.1 Å². The summed E-state index contributed by atoms with van der Waals surface area (Å²) >= 11 is 0. The molecule has 100 valence electrons. The average Bonchev–Trinajstić information content (AvgIpc) is 2.58. The van der Waals surface area contributed by atoms with Crippen molar-refractivity contribution in [3.8, 4) is 0 Å². The van der Waals surface area contributed by atoms with Gasteiger partial charge in [-0.15, -0.1) is 0 Å². The normalized spacial score (nSPS) is 20.3. The molecule has 0 aliphatic carbocycles. The van der Waals surface area contributed by atoms with E-state index in [9.17, 15) is 9.59 Å². The predicted molar refractivity (Wildman–Crippen MR) is 72.9 cm³/mol. The van der Waals surface area contributed by atoms with Crippen molar-refractivity contribution in [1.82, 2.24) is 0 Å². The summed E-state index contributed by atoms with van der Waals surface area (Å²) in [5.41, 5.74) is 0.667. The van der Waals surface area contributed by atoms with E-state index >= 15 is 0 Å². The Morgan fingerprint density at radius 3 is 1.68 bits per heavy atom. The molecular weight excluding hydrogens is 243 g/mol. The Morgan fingerprint density at radius 1 is 0.895 bits per heavy atom. The molecule has 1 aliphatic heterocycles. The minimum absolute atomic E-state index is 0.439. The molecule has 1 heterocycles. The van der Waals surface area contributed by atoms with Crippen molar-refractivity contribution < 1.29 is 18.9 Å². The highest BCUT2D eigenvalue weighted by Crippen LogP contribution is 2.36. The van der Waals surface area contributed by atoms with E-state index in [1.54, 1.807) is 12.1 Å².